The van der Waals surface area contributed by atoms with Crippen LogP contribution in [-0.2, 0) is 20.9 Å². The van der Waals surface area contributed by atoms with E-state index in [0.29, 0.717) is 6.61 Å². The molecule has 0 aromatic heterocycles. The quantitative estimate of drug-likeness (QED) is 0.875. The third-order valence-electron chi connectivity index (χ3n) is 2.16. The van der Waals surface area contributed by atoms with Gasteiger partial charge in [-0.2, -0.15) is 0 Å². The number of hydrogen-bond acceptors (Lipinski definition) is 3. The van der Waals surface area contributed by atoms with Crippen molar-refractivity contribution < 1.29 is 14.3 Å². The van der Waals surface area contributed by atoms with Crippen LogP contribution in [0.2, 0.25) is 0 Å². The summed E-state index contributed by atoms with van der Waals surface area (Å²) in [6.07, 6.45) is 0. The van der Waals surface area contributed by atoms with Crippen LogP contribution >= 0.6 is 0 Å². The number of carbonyl (C=O) groups is 1. The molecule has 18 heavy (non-hydrogen) atoms. The van der Waals surface area contributed by atoms with Gasteiger partial charge >= 0.3 is 0 Å². The summed E-state index contributed by atoms with van der Waals surface area (Å²) < 4.78 is 10.4. The smallest absolute Gasteiger partial charge is 0.250 e. The SMILES string of the molecule is COCc1cccc(NC(=O)COC(C)(C)C)c1. The molecule has 0 radical (unpaired) electrons. The maximum atomic E-state index is 11.7. The Hall–Kier alpha value is -1.39. The molecule has 4 heteroatoms. The Morgan fingerprint density at radius 3 is 2.67 bits per heavy atom. The summed E-state index contributed by atoms with van der Waals surface area (Å²) in [6.45, 7) is 6.33. The van der Waals surface area contributed by atoms with Crippen molar-refractivity contribution in [3.63, 3.8) is 0 Å². The first kappa shape index (κ1) is 14.7. The average molecular weight is 251 g/mol. The first-order valence-electron chi connectivity index (χ1n) is 5.92. The lowest BCUT2D eigenvalue weighted by molar-refractivity contribution is -0.125. The number of benzene rings is 1. The van der Waals surface area contributed by atoms with Crippen LogP contribution in [-0.4, -0.2) is 25.2 Å². The third-order valence-corrected chi connectivity index (χ3v) is 2.16. The molecule has 0 unspecified atom stereocenters. The highest BCUT2D eigenvalue weighted by Gasteiger charge is 2.12. The van der Waals surface area contributed by atoms with Gasteiger partial charge in [0.25, 0.3) is 0 Å². The van der Waals surface area contributed by atoms with E-state index in [2.05, 4.69) is 5.32 Å². The highest BCUT2D eigenvalue weighted by Crippen LogP contribution is 2.12. The Kier molecular flexibility index (Phi) is 5.31. The van der Waals surface area contributed by atoms with E-state index < -0.39 is 0 Å². The van der Waals surface area contributed by atoms with Crippen LogP contribution in [0.1, 0.15) is 26.3 Å². The zero-order valence-corrected chi connectivity index (χ0v) is 11.4. The predicted molar refractivity (Wildman–Crippen MR) is 71.5 cm³/mol. The topological polar surface area (TPSA) is 47.6 Å². The lowest BCUT2D eigenvalue weighted by Gasteiger charge is -2.19. The molecule has 4 nitrogen and oxygen atoms in total. The van der Waals surface area contributed by atoms with E-state index >= 15 is 0 Å². The van der Waals surface area contributed by atoms with Gasteiger partial charge in [0.2, 0.25) is 5.91 Å². The lowest BCUT2D eigenvalue weighted by atomic mass is 10.2. The Labute approximate surface area is 108 Å². The molecule has 1 aromatic carbocycles. The highest BCUT2D eigenvalue weighted by atomic mass is 16.5. The number of amides is 1. The van der Waals surface area contributed by atoms with Crippen molar-refractivity contribution in [1.82, 2.24) is 0 Å². The van der Waals surface area contributed by atoms with Gasteiger partial charge in [-0.15, -0.1) is 0 Å². The van der Waals surface area contributed by atoms with Gasteiger partial charge in [-0.05, 0) is 38.5 Å². The molecule has 0 atom stereocenters. The number of ether oxygens (including phenoxy) is 2. The van der Waals surface area contributed by atoms with Gasteiger partial charge in [-0.25, -0.2) is 0 Å². The number of rotatable bonds is 5. The summed E-state index contributed by atoms with van der Waals surface area (Å²) in [7, 11) is 1.64. The second kappa shape index (κ2) is 6.52. The standard InChI is InChI=1S/C14H21NO3/c1-14(2,3)18-10-13(16)15-12-7-5-6-11(8-12)9-17-4/h5-8H,9-10H2,1-4H3,(H,15,16). The van der Waals surface area contributed by atoms with Gasteiger partial charge in [0.05, 0.1) is 12.2 Å². The van der Waals surface area contributed by atoms with E-state index in [4.69, 9.17) is 9.47 Å². The van der Waals surface area contributed by atoms with Crippen LogP contribution in [0.5, 0.6) is 0 Å². The summed E-state index contributed by atoms with van der Waals surface area (Å²) in [5.74, 6) is -0.153. The van der Waals surface area contributed by atoms with E-state index in [1.165, 1.54) is 0 Å². The third kappa shape index (κ3) is 5.80. The Morgan fingerprint density at radius 2 is 2.06 bits per heavy atom. The normalized spacial score (nSPS) is 11.3. The van der Waals surface area contributed by atoms with Gasteiger partial charge < -0.3 is 14.8 Å². The van der Waals surface area contributed by atoms with Gasteiger partial charge in [-0.1, -0.05) is 12.1 Å². The Morgan fingerprint density at radius 1 is 1.33 bits per heavy atom. The summed E-state index contributed by atoms with van der Waals surface area (Å²) in [4.78, 5) is 11.7. The molecule has 0 spiro atoms. The molecule has 100 valence electrons. The van der Waals surface area contributed by atoms with Gasteiger partial charge in [0, 0.05) is 12.8 Å². The molecule has 1 N–H and O–H groups in total. The summed E-state index contributed by atoms with van der Waals surface area (Å²) in [6, 6.07) is 7.56. The second-order valence-electron chi connectivity index (χ2n) is 5.08. The average Bonchev–Trinajstić information content (AvgIpc) is 2.26. The van der Waals surface area contributed by atoms with Gasteiger partial charge in [0.1, 0.15) is 6.61 Å². The molecule has 1 amide bonds. The molecule has 0 bridgehead atoms. The minimum absolute atomic E-state index is 0.0536. The minimum Gasteiger partial charge on any atom is -0.380 e. The highest BCUT2D eigenvalue weighted by molar-refractivity contribution is 5.91. The predicted octanol–water partition coefficient (Wildman–Crippen LogP) is 2.59. The molecule has 0 aliphatic heterocycles. The molecule has 0 heterocycles. The van der Waals surface area contributed by atoms with Crippen LogP contribution < -0.4 is 5.32 Å². The number of methoxy groups -OCH3 is 1. The molecule has 1 rings (SSSR count). The van der Waals surface area contributed by atoms with Crippen LogP contribution in [0.15, 0.2) is 24.3 Å². The van der Waals surface area contributed by atoms with Crippen molar-refractivity contribution in [2.45, 2.75) is 33.0 Å². The number of anilines is 1. The minimum atomic E-state index is -0.310. The molecular formula is C14H21NO3. The summed E-state index contributed by atoms with van der Waals surface area (Å²) >= 11 is 0. The molecule has 1 aromatic rings. The van der Waals surface area contributed by atoms with Crippen molar-refractivity contribution >= 4 is 11.6 Å². The Bertz CT molecular complexity index is 396. The fraction of sp³-hybridized carbons (Fsp3) is 0.500. The molecule has 0 saturated carbocycles. The van der Waals surface area contributed by atoms with Crippen molar-refractivity contribution in [1.29, 1.82) is 0 Å². The molecule has 0 fully saturated rings. The van der Waals surface area contributed by atoms with Crippen molar-refractivity contribution in [2.24, 2.45) is 0 Å². The van der Waals surface area contributed by atoms with Gasteiger partial charge in [-0.3, -0.25) is 4.79 Å². The van der Waals surface area contributed by atoms with Crippen LogP contribution in [0.4, 0.5) is 5.69 Å². The molecule has 0 aliphatic rings. The Balaban J connectivity index is 2.51. The van der Waals surface area contributed by atoms with Gasteiger partial charge in [0.15, 0.2) is 0 Å². The molecule has 0 saturated heterocycles. The van der Waals surface area contributed by atoms with E-state index in [1.54, 1.807) is 7.11 Å². The van der Waals surface area contributed by atoms with Crippen LogP contribution in [0.25, 0.3) is 0 Å². The fourth-order valence-corrected chi connectivity index (χ4v) is 1.38. The fourth-order valence-electron chi connectivity index (χ4n) is 1.38. The van der Waals surface area contributed by atoms with Crippen LogP contribution in [0, 0.1) is 0 Å². The first-order valence-corrected chi connectivity index (χ1v) is 5.92. The van der Waals surface area contributed by atoms with Crippen molar-refractivity contribution in [3.05, 3.63) is 29.8 Å². The zero-order chi connectivity index (χ0) is 13.6. The summed E-state index contributed by atoms with van der Waals surface area (Å²) in [5, 5.41) is 2.79. The maximum Gasteiger partial charge on any atom is 0.250 e. The van der Waals surface area contributed by atoms with Crippen molar-refractivity contribution in [2.75, 3.05) is 19.0 Å². The van der Waals surface area contributed by atoms with Crippen LogP contribution in [0.3, 0.4) is 0 Å². The van der Waals surface area contributed by atoms with E-state index in [0.717, 1.165) is 11.3 Å². The monoisotopic (exact) mass is 251 g/mol. The number of nitrogens with one attached hydrogen (secondary N) is 1. The lowest BCUT2D eigenvalue weighted by Crippen LogP contribution is -2.27. The number of hydrogen-bond donors (Lipinski definition) is 1. The molecular weight excluding hydrogens is 230 g/mol. The zero-order valence-electron chi connectivity index (χ0n) is 11.4. The first-order chi connectivity index (χ1) is 8.40. The van der Waals surface area contributed by atoms with Crippen molar-refractivity contribution in [3.8, 4) is 0 Å². The van der Waals surface area contributed by atoms with E-state index in [1.807, 2.05) is 45.0 Å². The second-order valence-corrected chi connectivity index (χ2v) is 5.08. The summed E-state index contributed by atoms with van der Waals surface area (Å²) in [5.41, 5.74) is 1.47. The largest absolute Gasteiger partial charge is 0.380 e. The van der Waals surface area contributed by atoms with E-state index in [-0.39, 0.29) is 18.1 Å². The number of carbonyl (C=O) groups excluding carboxylic acids is 1. The maximum absolute atomic E-state index is 11.7. The van der Waals surface area contributed by atoms with E-state index in [9.17, 15) is 4.79 Å². The molecule has 0 aliphatic carbocycles.